The molecule has 0 unspecified atom stereocenters. The molecule has 0 bridgehead atoms. The number of hydrogen-bond donors (Lipinski definition) is 1. The van der Waals surface area contributed by atoms with Gasteiger partial charge in [-0.05, 0) is 50.6 Å². The molecule has 168 valence electrons. The fraction of sp³-hybridized carbons (Fsp3) is 0.348. The van der Waals surface area contributed by atoms with Crippen LogP contribution >= 0.6 is 0 Å². The first kappa shape index (κ1) is 22.0. The molecule has 1 N–H and O–H groups in total. The van der Waals surface area contributed by atoms with Gasteiger partial charge in [-0.15, -0.1) is 0 Å². The SMILES string of the molecule is Cc1ccccc1-c1noc(CN2CCC(C(=O)Nc3ccccc3C(F)(F)F)CC2)n1. The Morgan fingerprint density at radius 1 is 1.12 bits per heavy atom. The van der Waals surface area contributed by atoms with Gasteiger partial charge >= 0.3 is 6.18 Å². The molecule has 0 aliphatic carbocycles. The molecule has 32 heavy (non-hydrogen) atoms. The minimum Gasteiger partial charge on any atom is -0.338 e. The zero-order chi connectivity index (χ0) is 22.7. The smallest absolute Gasteiger partial charge is 0.338 e. The highest BCUT2D eigenvalue weighted by Crippen LogP contribution is 2.35. The lowest BCUT2D eigenvalue weighted by molar-refractivity contribution is -0.137. The maximum absolute atomic E-state index is 13.2. The second-order valence-corrected chi connectivity index (χ2v) is 7.91. The number of carbonyl (C=O) groups excluding carboxylic acids is 1. The number of para-hydroxylation sites is 1. The number of anilines is 1. The molecule has 0 radical (unpaired) electrons. The average Bonchev–Trinajstić information content (AvgIpc) is 3.22. The van der Waals surface area contributed by atoms with Gasteiger partial charge in [0.2, 0.25) is 17.6 Å². The summed E-state index contributed by atoms with van der Waals surface area (Å²) in [5.74, 6) is 0.291. The van der Waals surface area contributed by atoms with E-state index in [-0.39, 0.29) is 17.5 Å². The molecule has 2 aromatic carbocycles. The van der Waals surface area contributed by atoms with Gasteiger partial charge < -0.3 is 9.84 Å². The summed E-state index contributed by atoms with van der Waals surface area (Å²) in [6, 6.07) is 12.8. The Labute approximate surface area is 183 Å². The monoisotopic (exact) mass is 444 g/mol. The van der Waals surface area contributed by atoms with Gasteiger partial charge in [0.25, 0.3) is 0 Å². The number of carbonyl (C=O) groups is 1. The Morgan fingerprint density at radius 3 is 2.53 bits per heavy atom. The summed E-state index contributed by atoms with van der Waals surface area (Å²) >= 11 is 0. The predicted molar refractivity (Wildman–Crippen MR) is 113 cm³/mol. The van der Waals surface area contributed by atoms with Crippen LogP contribution in [0.4, 0.5) is 18.9 Å². The van der Waals surface area contributed by atoms with Crippen molar-refractivity contribution in [3.63, 3.8) is 0 Å². The average molecular weight is 444 g/mol. The van der Waals surface area contributed by atoms with Crippen LogP contribution in [0.2, 0.25) is 0 Å². The Kier molecular flexibility index (Phi) is 6.27. The van der Waals surface area contributed by atoms with Crippen LogP contribution in [0.3, 0.4) is 0 Å². The minimum absolute atomic E-state index is 0.206. The van der Waals surface area contributed by atoms with Crippen molar-refractivity contribution in [3.8, 4) is 11.4 Å². The van der Waals surface area contributed by atoms with E-state index in [0.717, 1.165) is 17.2 Å². The van der Waals surface area contributed by atoms with Crippen LogP contribution < -0.4 is 5.32 Å². The molecule has 0 saturated carbocycles. The van der Waals surface area contributed by atoms with Crippen molar-refractivity contribution in [1.29, 1.82) is 0 Å². The third-order valence-corrected chi connectivity index (χ3v) is 5.66. The zero-order valence-corrected chi connectivity index (χ0v) is 17.5. The normalized spacial score (nSPS) is 15.6. The maximum Gasteiger partial charge on any atom is 0.418 e. The van der Waals surface area contributed by atoms with Crippen molar-refractivity contribution in [2.75, 3.05) is 18.4 Å². The second-order valence-electron chi connectivity index (χ2n) is 7.91. The summed E-state index contributed by atoms with van der Waals surface area (Å²) < 4.78 is 44.8. The highest BCUT2D eigenvalue weighted by Gasteiger charge is 2.34. The standard InChI is InChI=1S/C23H23F3N4O2/c1-15-6-2-3-7-17(15)21-28-20(32-29-21)14-30-12-10-16(11-13-30)22(31)27-19-9-5-4-8-18(19)23(24,25)26/h2-9,16H,10-14H2,1H3,(H,27,31). The second kappa shape index (κ2) is 9.12. The number of aryl methyl sites for hydroxylation is 1. The molecule has 1 amide bonds. The Morgan fingerprint density at radius 2 is 1.81 bits per heavy atom. The van der Waals surface area contributed by atoms with E-state index in [9.17, 15) is 18.0 Å². The lowest BCUT2D eigenvalue weighted by Gasteiger charge is -2.30. The van der Waals surface area contributed by atoms with Crippen LogP contribution in [-0.2, 0) is 17.5 Å². The first-order chi connectivity index (χ1) is 15.3. The molecule has 4 rings (SSSR count). The zero-order valence-electron chi connectivity index (χ0n) is 17.5. The van der Waals surface area contributed by atoms with Crippen LogP contribution in [0.1, 0.15) is 29.9 Å². The first-order valence-electron chi connectivity index (χ1n) is 10.4. The van der Waals surface area contributed by atoms with E-state index in [0.29, 0.717) is 44.2 Å². The summed E-state index contributed by atoms with van der Waals surface area (Å²) in [5, 5.41) is 6.52. The first-order valence-corrected chi connectivity index (χ1v) is 10.4. The lowest BCUT2D eigenvalue weighted by atomic mass is 9.95. The highest BCUT2D eigenvalue weighted by atomic mass is 19.4. The molecule has 6 nitrogen and oxygen atoms in total. The number of halogens is 3. The molecule has 0 spiro atoms. The summed E-state index contributed by atoms with van der Waals surface area (Å²) in [5.41, 5.74) is 0.921. The van der Waals surface area contributed by atoms with E-state index in [1.54, 1.807) is 0 Å². The largest absolute Gasteiger partial charge is 0.418 e. The molecule has 1 fully saturated rings. The van der Waals surface area contributed by atoms with Gasteiger partial charge in [0, 0.05) is 11.5 Å². The maximum atomic E-state index is 13.2. The summed E-state index contributed by atoms with van der Waals surface area (Å²) in [6.07, 6.45) is -3.44. The fourth-order valence-electron chi connectivity index (χ4n) is 3.87. The van der Waals surface area contributed by atoms with E-state index in [4.69, 9.17) is 4.52 Å². The number of piperidine rings is 1. The number of nitrogens with one attached hydrogen (secondary N) is 1. The van der Waals surface area contributed by atoms with Crippen LogP contribution in [0.25, 0.3) is 11.4 Å². The van der Waals surface area contributed by atoms with Crippen molar-refractivity contribution >= 4 is 11.6 Å². The van der Waals surface area contributed by atoms with E-state index < -0.39 is 11.7 Å². The van der Waals surface area contributed by atoms with Crippen LogP contribution in [0, 0.1) is 12.8 Å². The van der Waals surface area contributed by atoms with Gasteiger partial charge in [-0.25, -0.2) is 0 Å². The number of benzene rings is 2. The van der Waals surface area contributed by atoms with Crippen LogP contribution in [0.15, 0.2) is 53.1 Å². The van der Waals surface area contributed by atoms with E-state index >= 15 is 0 Å². The summed E-state index contributed by atoms with van der Waals surface area (Å²) in [4.78, 5) is 19.1. The van der Waals surface area contributed by atoms with Crippen molar-refractivity contribution < 1.29 is 22.5 Å². The molecular formula is C23H23F3N4O2. The third-order valence-electron chi connectivity index (χ3n) is 5.66. The number of amides is 1. The summed E-state index contributed by atoms with van der Waals surface area (Å²) in [6.45, 7) is 3.67. The van der Waals surface area contributed by atoms with Crippen molar-refractivity contribution in [2.45, 2.75) is 32.5 Å². The molecule has 1 aliphatic heterocycles. The fourth-order valence-corrected chi connectivity index (χ4v) is 3.87. The Hall–Kier alpha value is -3.20. The topological polar surface area (TPSA) is 71.3 Å². The Balaban J connectivity index is 1.32. The number of nitrogens with zero attached hydrogens (tertiary/aromatic N) is 3. The van der Waals surface area contributed by atoms with Gasteiger partial charge in [0.1, 0.15) is 0 Å². The molecule has 1 saturated heterocycles. The number of rotatable bonds is 5. The van der Waals surface area contributed by atoms with Crippen molar-refractivity contribution in [3.05, 3.63) is 65.5 Å². The van der Waals surface area contributed by atoms with Crippen molar-refractivity contribution in [2.24, 2.45) is 5.92 Å². The third kappa shape index (κ3) is 4.99. The quantitative estimate of drug-likeness (QED) is 0.605. The number of alkyl halides is 3. The molecule has 2 heterocycles. The van der Waals surface area contributed by atoms with Gasteiger partial charge in [-0.3, -0.25) is 9.69 Å². The van der Waals surface area contributed by atoms with E-state index in [2.05, 4.69) is 20.4 Å². The molecule has 3 aromatic rings. The van der Waals surface area contributed by atoms with E-state index in [1.165, 1.54) is 18.2 Å². The van der Waals surface area contributed by atoms with Gasteiger partial charge in [0.05, 0.1) is 17.8 Å². The van der Waals surface area contributed by atoms with Gasteiger partial charge in [0.15, 0.2) is 0 Å². The van der Waals surface area contributed by atoms with Crippen LogP contribution in [0.5, 0.6) is 0 Å². The lowest BCUT2D eigenvalue weighted by Crippen LogP contribution is -2.38. The predicted octanol–water partition coefficient (Wildman–Crippen LogP) is 4.91. The van der Waals surface area contributed by atoms with Crippen LogP contribution in [-0.4, -0.2) is 34.0 Å². The van der Waals surface area contributed by atoms with Gasteiger partial charge in [-0.2, -0.15) is 18.2 Å². The molecule has 1 aliphatic rings. The number of hydrogen-bond acceptors (Lipinski definition) is 5. The number of likely N-dealkylation sites (tertiary alicyclic amines) is 1. The highest BCUT2D eigenvalue weighted by molar-refractivity contribution is 5.93. The van der Waals surface area contributed by atoms with Crippen molar-refractivity contribution in [1.82, 2.24) is 15.0 Å². The van der Waals surface area contributed by atoms with Gasteiger partial charge in [-0.1, -0.05) is 41.6 Å². The Bertz CT molecular complexity index is 1090. The molecular weight excluding hydrogens is 421 g/mol. The van der Waals surface area contributed by atoms with E-state index in [1.807, 2.05) is 31.2 Å². The molecule has 1 aromatic heterocycles. The summed E-state index contributed by atoms with van der Waals surface area (Å²) in [7, 11) is 0. The molecule has 9 heteroatoms. The minimum atomic E-state index is -4.52. The number of aromatic nitrogens is 2. The molecule has 0 atom stereocenters.